The summed E-state index contributed by atoms with van der Waals surface area (Å²) in [7, 11) is 0. The lowest BCUT2D eigenvalue weighted by Gasteiger charge is -2.22. The predicted molar refractivity (Wildman–Crippen MR) is 125 cm³/mol. The van der Waals surface area contributed by atoms with Crippen LogP contribution in [0.2, 0.25) is 0 Å². The molecule has 0 spiro atoms. The van der Waals surface area contributed by atoms with E-state index in [2.05, 4.69) is 22.8 Å². The Hall–Kier alpha value is -3.39. The summed E-state index contributed by atoms with van der Waals surface area (Å²) in [5.41, 5.74) is 4.51. The van der Waals surface area contributed by atoms with Crippen LogP contribution < -0.4 is 10.6 Å². The molecule has 1 heterocycles. The maximum atomic E-state index is 12.7. The normalized spacial score (nSPS) is 19.9. The summed E-state index contributed by atoms with van der Waals surface area (Å²) >= 11 is 0. The van der Waals surface area contributed by atoms with Gasteiger partial charge in [-0.3, -0.25) is 4.79 Å². The Kier molecular flexibility index (Phi) is 7.17. The number of carboxylic acid groups (broad SMARTS) is 1. The highest BCUT2D eigenvalue weighted by Gasteiger charge is 2.37. The van der Waals surface area contributed by atoms with Gasteiger partial charge in [0.2, 0.25) is 5.91 Å². The fraction of sp³-hybridized carbons (Fsp3) is 0.423. The molecule has 1 fully saturated rings. The highest BCUT2D eigenvalue weighted by atomic mass is 16.5. The predicted octanol–water partition coefficient (Wildman–Crippen LogP) is 3.16. The van der Waals surface area contributed by atoms with E-state index in [4.69, 9.17) is 9.47 Å². The third-order valence-corrected chi connectivity index (χ3v) is 6.39. The van der Waals surface area contributed by atoms with Crippen molar-refractivity contribution in [2.45, 2.75) is 38.3 Å². The van der Waals surface area contributed by atoms with Crippen LogP contribution in [0.3, 0.4) is 0 Å². The lowest BCUT2D eigenvalue weighted by molar-refractivity contribution is -0.143. The minimum atomic E-state index is -1.08. The van der Waals surface area contributed by atoms with Crippen molar-refractivity contribution < 1.29 is 29.0 Å². The van der Waals surface area contributed by atoms with Crippen LogP contribution in [0.25, 0.3) is 11.1 Å². The van der Waals surface area contributed by atoms with Gasteiger partial charge in [-0.25, -0.2) is 9.59 Å². The number of carbonyl (C=O) groups is 3. The van der Waals surface area contributed by atoms with E-state index in [1.165, 1.54) is 0 Å². The van der Waals surface area contributed by atoms with Crippen molar-refractivity contribution in [1.29, 1.82) is 0 Å². The fourth-order valence-electron chi connectivity index (χ4n) is 4.72. The average molecular weight is 467 g/mol. The fourth-order valence-corrected chi connectivity index (χ4v) is 4.72. The van der Waals surface area contributed by atoms with Gasteiger partial charge in [-0.05, 0) is 34.6 Å². The summed E-state index contributed by atoms with van der Waals surface area (Å²) in [4.78, 5) is 36.8. The van der Waals surface area contributed by atoms with Gasteiger partial charge in [0, 0.05) is 5.92 Å². The number of ether oxygens (including phenoxy) is 2. The van der Waals surface area contributed by atoms with Gasteiger partial charge in [-0.2, -0.15) is 0 Å². The summed E-state index contributed by atoms with van der Waals surface area (Å²) < 4.78 is 11.0. The highest BCUT2D eigenvalue weighted by Crippen LogP contribution is 2.44. The number of hydrogen-bond acceptors (Lipinski definition) is 5. The van der Waals surface area contributed by atoms with E-state index in [-0.39, 0.29) is 31.7 Å². The monoisotopic (exact) mass is 466 g/mol. The minimum Gasteiger partial charge on any atom is -0.480 e. The molecule has 0 bridgehead atoms. The molecule has 0 aromatic heterocycles. The molecule has 180 valence electrons. The first kappa shape index (κ1) is 23.8. The minimum absolute atomic E-state index is 0.0653. The molecule has 3 unspecified atom stereocenters. The van der Waals surface area contributed by atoms with Crippen molar-refractivity contribution in [3.8, 4) is 11.1 Å². The number of hydrogen-bond donors (Lipinski definition) is 3. The number of carboxylic acids is 1. The Balaban J connectivity index is 1.36. The second-order valence-corrected chi connectivity index (χ2v) is 9.25. The van der Waals surface area contributed by atoms with Crippen LogP contribution in [-0.4, -0.2) is 55.0 Å². The Labute approximate surface area is 198 Å². The van der Waals surface area contributed by atoms with Gasteiger partial charge >= 0.3 is 12.1 Å². The molecule has 2 aromatic carbocycles. The average Bonchev–Trinajstić information content (AvgIpc) is 3.39. The van der Waals surface area contributed by atoms with E-state index in [0.29, 0.717) is 6.42 Å². The number of rotatable bonds is 8. The molecule has 1 saturated heterocycles. The molecule has 1 aliphatic heterocycles. The van der Waals surface area contributed by atoms with Crippen molar-refractivity contribution in [2.75, 3.05) is 19.8 Å². The Morgan fingerprint density at radius 1 is 1.03 bits per heavy atom. The van der Waals surface area contributed by atoms with E-state index in [1.807, 2.05) is 50.2 Å². The molecular weight excluding hydrogens is 436 g/mol. The van der Waals surface area contributed by atoms with Gasteiger partial charge in [0.05, 0.1) is 25.2 Å². The molecule has 2 amide bonds. The first-order valence-corrected chi connectivity index (χ1v) is 11.6. The topological polar surface area (TPSA) is 114 Å². The molecular formula is C26H30N2O6. The van der Waals surface area contributed by atoms with Crippen molar-refractivity contribution >= 4 is 18.0 Å². The summed E-state index contributed by atoms with van der Waals surface area (Å²) in [6.45, 7) is 4.21. The summed E-state index contributed by atoms with van der Waals surface area (Å²) in [6, 6.07) is 14.6. The Morgan fingerprint density at radius 2 is 1.65 bits per heavy atom. The van der Waals surface area contributed by atoms with E-state index in [0.717, 1.165) is 22.3 Å². The third-order valence-electron chi connectivity index (χ3n) is 6.39. The van der Waals surface area contributed by atoms with Gasteiger partial charge in [-0.1, -0.05) is 62.4 Å². The largest absolute Gasteiger partial charge is 0.480 e. The van der Waals surface area contributed by atoms with E-state index in [1.54, 1.807) is 0 Å². The number of carbonyl (C=O) groups excluding carboxylic acids is 2. The zero-order chi connectivity index (χ0) is 24.2. The van der Waals surface area contributed by atoms with Gasteiger partial charge < -0.3 is 25.2 Å². The standard InChI is InChI=1S/C26H30N2O6/c1-15(2)11-22(25(30)31)27-24(29)21-12-33-14-23(21)28-26(32)34-13-20-18-9-5-3-7-16(18)17-8-4-6-10-19(17)20/h3-10,15,20-23H,11-14H2,1-2H3,(H,27,29)(H,28,32)(H,30,31). The first-order valence-electron chi connectivity index (χ1n) is 11.6. The SMILES string of the molecule is CC(C)CC(NC(=O)C1COCC1NC(=O)OCC1c2ccccc2-c2ccccc21)C(=O)O. The molecule has 4 rings (SSSR count). The van der Waals surface area contributed by atoms with Crippen LogP contribution in [0.1, 0.15) is 37.3 Å². The summed E-state index contributed by atoms with van der Waals surface area (Å²) in [5, 5.41) is 14.7. The van der Waals surface area contributed by atoms with Gasteiger partial charge in [0.1, 0.15) is 12.6 Å². The molecule has 1 aliphatic carbocycles. The zero-order valence-corrected chi connectivity index (χ0v) is 19.3. The number of nitrogens with one attached hydrogen (secondary N) is 2. The second-order valence-electron chi connectivity index (χ2n) is 9.25. The van der Waals surface area contributed by atoms with Crippen molar-refractivity contribution in [1.82, 2.24) is 10.6 Å². The number of fused-ring (bicyclic) bond motifs is 3. The highest BCUT2D eigenvalue weighted by molar-refractivity contribution is 5.86. The maximum absolute atomic E-state index is 12.7. The van der Waals surface area contributed by atoms with E-state index in [9.17, 15) is 19.5 Å². The summed E-state index contributed by atoms with van der Waals surface area (Å²) in [6.07, 6.45) is -0.314. The Bertz CT molecular complexity index is 1020. The first-order chi connectivity index (χ1) is 16.3. The molecule has 3 atom stereocenters. The van der Waals surface area contributed by atoms with Crippen LogP contribution in [0.4, 0.5) is 4.79 Å². The number of amides is 2. The van der Waals surface area contributed by atoms with Crippen LogP contribution in [0, 0.1) is 11.8 Å². The molecule has 34 heavy (non-hydrogen) atoms. The zero-order valence-electron chi connectivity index (χ0n) is 19.3. The van der Waals surface area contributed by atoms with Gasteiger partial charge in [-0.15, -0.1) is 0 Å². The van der Waals surface area contributed by atoms with Gasteiger partial charge in [0.15, 0.2) is 0 Å². The lowest BCUT2D eigenvalue weighted by atomic mass is 9.98. The van der Waals surface area contributed by atoms with E-state index < -0.39 is 36.0 Å². The number of alkyl carbamates (subject to hydrolysis) is 1. The smallest absolute Gasteiger partial charge is 0.407 e. The van der Waals surface area contributed by atoms with Crippen LogP contribution in [0.5, 0.6) is 0 Å². The molecule has 2 aliphatic rings. The summed E-state index contributed by atoms with van der Waals surface area (Å²) in [5.74, 6) is -2.17. The van der Waals surface area contributed by atoms with E-state index >= 15 is 0 Å². The molecule has 0 radical (unpaired) electrons. The van der Waals surface area contributed by atoms with Crippen molar-refractivity contribution in [2.24, 2.45) is 11.8 Å². The molecule has 3 N–H and O–H groups in total. The van der Waals surface area contributed by atoms with Crippen molar-refractivity contribution in [3.05, 3.63) is 59.7 Å². The molecule has 2 aromatic rings. The quantitative estimate of drug-likeness (QED) is 0.551. The van der Waals surface area contributed by atoms with Gasteiger partial charge in [0.25, 0.3) is 0 Å². The van der Waals surface area contributed by atoms with Crippen molar-refractivity contribution in [3.63, 3.8) is 0 Å². The van der Waals surface area contributed by atoms with Crippen LogP contribution >= 0.6 is 0 Å². The van der Waals surface area contributed by atoms with Crippen LogP contribution in [0.15, 0.2) is 48.5 Å². The molecule has 8 heteroatoms. The lowest BCUT2D eigenvalue weighted by Crippen LogP contribution is -2.50. The third kappa shape index (κ3) is 5.07. The number of benzene rings is 2. The number of aliphatic carboxylic acids is 1. The Morgan fingerprint density at radius 3 is 2.24 bits per heavy atom. The van der Waals surface area contributed by atoms with Crippen LogP contribution in [-0.2, 0) is 19.1 Å². The maximum Gasteiger partial charge on any atom is 0.407 e. The molecule has 0 saturated carbocycles. The molecule has 8 nitrogen and oxygen atoms in total. The second kappa shape index (κ2) is 10.3.